The van der Waals surface area contributed by atoms with Crippen LogP contribution in [0, 0.1) is 0 Å². The summed E-state index contributed by atoms with van der Waals surface area (Å²) in [4.78, 5) is 0. The molecule has 0 aromatic rings. The Morgan fingerprint density at radius 1 is 1.20 bits per heavy atom. The lowest BCUT2D eigenvalue weighted by molar-refractivity contribution is 0.00578. The number of aliphatic hydroxyl groups is 1. The molecule has 1 fully saturated rings. The molecule has 15 heavy (non-hydrogen) atoms. The largest absolute Gasteiger partial charge is 0.525 e. The van der Waals surface area contributed by atoms with Crippen molar-refractivity contribution in [3.05, 3.63) is 11.3 Å². The van der Waals surface area contributed by atoms with E-state index in [2.05, 4.69) is 0 Å². The van der Waals surface area contributed by atoms with Gasteiger partial charge in [0.1, 0.15) is 5.73 Å². The lowest BCUT2D eigenvalue weighted by Crippen LogP contribution is -2.41. The third-order valence-electron chi connectivity index (χ3n) is 3.11. The summed E-state index contributed by atoms with van der Waals surface area (Å²) < 4.78 is 24.6. The normalized spacial score (nSPS) is 25.4. The van der Waals surface area contributed by atoms with E-state index in [0.717, 1.165) is 0 Å². The number of hydrogen-bond acceptors (Lipinski definition) is 3. The van der Waals surface area contributed by atoms with Crippen LogP contribution in [-0.2, 0) is 9.31 Å². The molecule has 0 saturated carbocycles. The Morgan fingerprint density at radius 3 is 1.93 bits per heavy atom. The first kappa shape index (κ1) is 12.7. The zero-order chi connectivity index (χ0) is 11.9. The van der Waals surface area contributed by atoms with E-state index in [1.807, 2.05) is 27.7 Å². The molecule has 0 atom stereocenters. The quantitative estimate of drug-likeness (QED) is 0.716. The van der Waals surface area contributed by atoms with Gasteiger partial charge in [0.25, 0.3) is 0 Å². The van der Waals surface area contributed by atoms with E-state index < -0.39 is 24.0 Å². The van der Waals surface area contributed by atoms with Crippen molar-refractivity contribution >= 4 is 7.12 Å². The predicted molar refractivity (Wildman–Crippen MR) is 57.0 cm³/mol. The monoisotopic (exact) mass is 216 g/mol. The molecule has 1 rings (SSSR count). The van der Waals surface area contributed by atoms with E-state index in [1.54, 1.807) is 0 Å². The summed E-state index contributed by atoms with van der Waals surface area (Å²) in [6.45, 7) is 8.61. The van der Waals surface area contributed by atoms with Crippen molar-refractivity contribution < 1.29 is 18.8 Å². The minimum Gasteiger partial charge on any atom is -0.398 e. The fraction of sp³-hybridized carbons (Fsp3) is 0.800. The molecular formula is C10H18BFO3. The van der Waals surface area contributed by atoms with E-state index in [4.69, 9.17) is 14.4 Å². The maximum atomic E-state index is 13.7. The summed E-state index contributed by atoms with van der Waals surface area (Å²) in [5.41, 5.74) is -1.39. The molecule has 3 nitrogen and oxygen atoms in total. The molecule has 1 saturated heterocycles. The Labute approximate surface area is 90.4 Å². The van der Waals surface area contributed by atoms with Gasteiger partial charge in [-0.25, -0.2) is 4.39 Å². The van der Waals surface area contributed by atoms with E-state index in [-0.39, 0.29) is 12.2 Å². The molecule has 1 aliphatic heterocycles. The lowest BCUT2D eigenvalue weighted by Gasteiger charge is -2.32. The number of aliphatic hydroxyl groups excluding tert-OH is 1. The van der Waals surface area contributed by atoms with E-state index in [9.17, 15) is 4.39 Å². The SMILES string of the molecule is CC(CO)=C(F)B1OC(C)(C)C(C)(C)O1. The summed E-state index contributed by atoms with van der Waals surface area (Å²) in [5, 5.41) is 8.82. The molecule has 0 aromatic heterocycles. The van der Waals surface area contributed by atoms with Crippen molar-refractivity contribution in [2.45, 2.75) is 45.8 Å². The van der Waals surface area contributed by atoms with Gasteiger partial charge in [-0.05, 0) is 40.2 Å². The minimum absolute atomic E-state index is 0.244. The van der Waals surface area contributed by atoms with Crippen molar-refractivity contribution in [2.75, 3.05) is 6.61 Å². The standard InChI is InChI=1S/C10H18BFO3/c1-7(6-13)8(12)11-14-9(2,3)10(4,5)15-11/h13H,6H2,1-5H3. The first-order chi connectivity index (χ1) is 6.71. The first-order valence-electron chi connectivity index (χ1n) is 5.03. The van der Waals surface area contributed by atoms with Crippen LogP contribution >= 0.6 is 0 Å². The van der Waals surface area contributed by atoms with Gasteiger partial charge in [-0.3, -0.25) is 0 Å². The molecule has 5 heteroatoms. The van der Waals surface area contributed by atoms with Crippen molar-refractivity contribution in [2.24, 2.45) is 0 Å². The van der Waals surface area contributed by atoms with Gasteiger partial charge in [0.05, 0.1) is 17.8 Å². The number of rotatable bonds is 2. The second-order valence-electron chi connectivity index (χ2n) is 4.87. The summed E-state index contributed by atoms with van der Waals surface area (Å²) in [6.07, 6.45) is 0. The van der Waals surface area contributed by atoms with Crippen LogP contribution in [0.5, 0.6) is 0 Å². The molecule has 0 radical (unpaired) electrons. The molecule has 0 spiro atoms. The fourth-order valence-corrected chi connectivity index (χ4v) is 1.22. The van der Waals surface area contributed by atoms with Gasteiger partial charge in [-0.1, -0.05) is 0 Å². The Morgan fingerprint density at radius 2 is 1.60 bits per heavy atom. The van der Waals surface area contributed by atoms with Gasteiger partial charge < -0.3 is 14.4 Å². The number of halogens is 1. The maximum absolute atomic E-state index is 13.7. The second kappa shape index (κ2) is 3.89. The van der Waals surface area contributed by atoms with Crippen LogP contribution in [0.2, 0.25) is 0 Å². The average molecular weight is 216 g/mol. The lowest BCUT2D eigenvalue weighted by atomic mass is 9.85. The van der Waals surface area contributed by atoms with Crippen molar-refractivity contribution in [1.82, 2.24) is 0 Å². The average Bonchev–Trinajstić information content (AvgIpc) is 2.33. The molecule has 0 aliphatic carbocycles. The van der Waals surface area contributed by atoms with Crippen LogP contribution in [-0.4, -0.2) is 30.0 Å². The van der Waals surface area contributed by atoms with Gasteiger partial charge in [-0.15, -0.1) is 0 Å². The highest BCUT2D eigenvalue weighted by molar-refractivity contribution is 6.53. The molecule has 0 amide bonds. The second-order valence-corrected chi connectivity index (χ2v) is 4.87. The van der Waals surface area contributed by atoms with Crippen molar-refractivity contribution in [3.8, 4) is 0 Å². The zero-order valence-corrected chi connectivity index (χ0v) is 9.93. The van der Waals surface area contributed by atoms with Gasteiger partial charge in [-0.2, -0.15) is 0 Å². The van der Waals surface area contributed by atoms with Crippen LogP contribution < -0.4 is 0 Å². The molecule has 1 N–H and O–H groups in total. The van der Waals surface area contributed by atoms with E-state index in [0.29, 0.717) is 0 Å². The van der Waals surface area contributed by atoms with Gasteiger partial charge in [0.15, 0.2) is 0 Å². The van der Waals surface area contributed by atoms with Crippen LogP contribution in [0.3, 0.4) is 0 Å². The zero-order valence-electron chi connectivity index (χ0n) is 9.93. The molecule has 1 heterocycles. The van der Waals surface area contributed by atoms with Crippen LogP contribution in [0.1, 0.15) is 34.6 Å². The highest BCUT2D eigenvalue weighted by Crippen LogP contribution is 2.39. The Bertz CT molecular complexity index is 270. The molecule has 86 valence electrons. The van der Waals surface area contributed by atoms with E-state index in [1.165, 1.54) is 6.92 Å². The highest BCUT2D eigenvalue weighted by Gasteiger charge is 2.53. The third kappa shape index (κ3) is 2.24. The molecule has 0 bridgehead atoms. The Hall–Kier alpha value is -0.385. The molecule has 0 aromatic carbocycles. The smallest absolute Gasteiger partial charge is 0.398 e. The van der Waals surface area contributed by atoms with Gasteiger partial charge >= 0.3 is 7.12 Å². The Balaban J connectivity index is 2.89. The summed E-state index contributed by atoms with van der Waals surface area (Å²) >= 11 is 0. The molecule has 1 aliphatic rings. The topological polar surface area (TPSA) is 38.7 Å². The Kier molecular flexibility index (Phi) is 3.29. The van der Waals surface area contributed by atoms with E-state index >= 15 is 0 Å². The summed E-state index contributed by atoms with van der Waals surface area (Å²) in [6, 6.07) is 0. The van der Waals surface area contributed by atoms with Gasteiger partial charge in [0.2, 0.25) is 0 Å². The third-order valence-corrected chi connectivity index (χ3v) is 3.11. The summed E-state index contributed by atoms with van der Waals surface area (Å²) in [7, 11) is -0.998. The first-order valence-corrected chi connectivity index (χ1v) is 5.03. The maximum Gasteiger partial charge on any atom is 0.525 e. The van der Waals surface area contributed by atoms with Crippen molar-refractivity contribution in [1.29, 1.82) is 0 Å². The predicted octanol–water partition coefficient (Wildman–Crippen LogP) is 1.85. The molecular weight excluding hydrogens is 198 g/mol. The van der Waals surface area contributed by atoms with Crippen LogP contribution in [0.4, 0.5) is 4.39 Å². The molecule has 0 unspecified atom stereocenters. The van der Waals surface area contributed by atoms with Gasteiger partial charge in [0, 0.05) is 0 Å². The number of hydrogen-bond donors (Lipinski definition) is 1. The van der Waals surface area contributed by atoms with Crippen LogP contribution in [0.15, 0.2) is 11.3 Å². The highest BCUT2D eigenvalue weighted by atomic mass is 19.1. The summed E-state index contributed by atoms with van der Waals surface area (Å²) in [5.74, 6) is 0. The van der Waals surface area contributed by atoms with Crippen molar-refractivity contribution in [3.63, 3.8) is 0 Å². The van der Waals surface area contributed by atoms with Crippen LogP contribution in [0.25, 0.3) is 0 Å². The fourth-order valence-electron chi connectivity index (χ4n) is 1.22. The minimum atomic E-state index is -0.998.